The van der Waals surface area contributed by atoms with Crippen LogP contribution in [-0.4, -0.2) is 12.6 Å². The second-order valence-corrected chi connectivity index (χ2v) is 3.57. The molecule has 5 heteroatoms. The van der Waals surface area contributed by atoms with Crippen LogP contribution in [0.1, 0.15) is 12.0 Å². The Kier molecular flexibility index (Phi) is 5.62. The highest BCUT2D eigenvalue weighted by molar-refractivity contribution is 6.32. The van der Waals surface area contributed by atoms with Crippen LogP contribution in [0.5, 0.6) is 0 Å². The highest BCUT2D eigenvalue weighted by Crippen LogP contribution is 2.15. The van der Waals surface area contributed by atoms with Gasteiger partial charge >= 0.3 is 6.03 Å². The Morgan fingerprint density at radius 3 is 2.94 bits per heavy atom. The Morgan fingerprint density at radius 1 is 1.47 bits per heavy atom. The van der Waals surface area contributed by atoms with Crippen molar-refractivity contribution >= 4 is 23.7 Å². The van der Waals surface area contributed by atoms with Gasteiger partial charge in [0.15, 0.2) is 0 Å². The summed E-state index contributed by atoms with van der Waals surface area (Å²) in [5.41, 5.74) is 0.825. The predicted octanol–water partition coefficient (Wildman–Crippen LogP) is 2.52. The largest absolute Gasteiger partial charge is 0.337 e. The van der Waals surface area contributed by atoms with Crippen molar-refractivity contribution in [1.29, 1.82) is 5.26 Å². The van der Waals surface area contributed by atoms with Crippen LogP contribution < -0.4 is 10.6 Å². The summed E-state index contributed by atoms with van der Waals surface area (Å²) in [6, 6.07) is 8.90. The summed E-state index contributed by atoms with van der Waals surface area (Å²) in [4.78, 5) is 11.2. The standard InChI is InChI=1S/C12H12ClN3O/c13-11-5-2-1-4-10(11)6-9-16-12(17)15-8-3-7-14/h1-2,4-6,9H,3,8H2,(H2,15,16,17)/b9-6+. The maximum Gasteiger partial charge on any atom is 0.318 e. The molecule has 0 atom stereocenters. The van der Waals surface area contributed by atoms with Gasteiger partial charge in [-0.2, -0.15) is 5.26 Å². The summed E-state index contributed by atoms with van der Waals surface area (Å²) in [5.74, 6) is 0. The van der Waals surface area contributed by atoms with Crippen LogP contribution in [0.2, 0.25) is 5.02 Å². The second-order valence-electron chi connectivity index (χ2n) is 3.16. The van der Waals surface area contributed by atoms with Gasteiger partial charge in [-0.1, -0.05) is 29.8 Å². The van der Waals surface area contributed by atoms with E-state index in [1.165, 1.54) is 6.20 Å². The van der Waals surface area contributed by atoms with Crippen molar-refractivity contribution in [2.45, 2.75) is 6.42 Å². The SMILES string of the molecule is N#CCCNC(=O)N/C=C/c1ccccc1Cl. The van der Waals surface area contributed by atoms with E-state index in [1.807, 2.05) is 24.3 Å². The number of nitrogens with zero attached hydrogens (tertiary/aromatic N) is 1. The zero-order chi connectivity index (χ0) is 12.5. The second kappa shape index (κ2) is 7.31. The van der Waals surface area contributed by atoms with E-state index in [9.17, 15) is 4.79 Å². The number of carbonyl (C=O) groups is 1. The fourth-order valence-electron chi connectivity index (χ4n) is 1.10. The fraction of sp³-hybridized carbons (Fsp3) is 0.167. The Morgan fingerprint density at radius 2 is 2.24 bits per heavy atom. The minimum atomic E-state index is -0.344. The molecule has 0 aliphatic rings. The third-order valence-electron chi connectivity index (χ3n) is 1.90. The molecule has 1 rings (SSSR count). The predicted molar refractivity (Wildman–Crippen MR) is 67.3 cm³/mol. The molecule has 1 aromatic rings. The normalized spacial score (nSPS) is 9.88. The molecule has 0 heterocycles. The van der Waals surface area contributed by atoms with Gasteiger partial charge in [0.2, 0.25) is 0 Å². The molecule has 2 N–H and O–H groups in total. The van der Waals surface area contributed by atoms with Crippen LogP contribution in [-0.2, 0) is 0 Å². The van der Waals surface area contributed by atoms with Gasteiger partial charge in [-0.15, -0.1) is 0 Å². The molecule has 0 unspecified atom stereocenters. The van der Waals surface area contributed by atoms with E-state index < -0.39 is 0 Å². The van der Waals surface area contributed by atoms with Crippen LogP contribution in [0.15, 0.2) is 30.5 Å². The summed E-state index contributed by atoms with van der Waals surface area (Å²) in [5, 5.41) is 14.0. The first-order valence-corrected chi connectivity index (χ1v) is 5.44. The number of benzene rings is 1. The number of urea groups is 1. The topological polar surface area (TPSA) is 64.9 Å². The van der Waals surface area contributed by atoms with Gasteiger partial charge < -0.3 is 10.6 Å². The zero-order valence-corrected chi connectivity index (χ0v) is 9.87. The summed E-state index contributed by atoms with van der Waals surface area (Å²) in [6.45, 7) is 0.336. The highest BCUT2D eigenvalue weighted by Gasteiger charge is 1.96. The van der Waals surface area contributed by atoms with Crippen molar-refractivity contribution in [3.63, 3.8) is 0 Å². The Balaban J connectivity index is 2.38. The van der Waals surface area contributed by atoms with Crippen molar-refractivity contribution in [2.75, 3.05) is 6.54 Å². The van der Waals surface area contributed by atoms with Gasteiger partial charge in [0, 0.05) is 17.8 Å². The molecule has 0 fully saturated rings. The number of nitrogens with one attached hydrogen (secondary N) is 2. The lowest BCUT2D eigenvalue weighted by Gasteiger charge is -2.01. The van der Waals surface area contributed by atoms with E-state index in [0.717, 1.165) is 5.56 Å². The molecule has 0 aliphatic heterocycles. The average molecular weight is 250 g/mol. The fourth-order valence-corrected chi connectivity index (χ4v) is 1.30. The molecule has 4 nitrogen and oxygen atoms in total. The summed E-state index contributed by atoms with van der Waals surface area (Å²) >= 11 is 5.93. The van der Waals surface area contributed by atoms with Gasteiger partial charge in [-0.05, 0) is 17.7 Å². The van der Waals surface area contributed by atoms with E-state index in [2.05, 4.69) is 10.6 Å². The first kappa shape index (κ1) is 13.1. The number of hydrogen-bond donors (Lipinski definition) is 2. The molecular formula is C12H12ClN3O. The van der Waals surface area contributed by atoms with Crippen LogP contribution >= 0.6 is 11.6 Å². The quantitative estimate of drug-likeness (QED) is 0.806. The third-order valence-corrected chi connectivity index (χ3v) is 2.25. The minimum absolute atomic E-state index is 0.293. The molecular weight excluding hydrogens is 238 g/mol. The Hall–Kier alpha value is -1.99. The smallest absolute Gasteiger partial charge is 0.318 e. The van der Waals surface area contributed by atoms with Crippen LogP contribution in [0.25, 0.3) is 6.08 Å². The Labute approximate surface area is 105 Å². The van der Waals surface area contributed by atoms with Crippen molar-refractivity contribution < 1.29 is 4.79 Å². The molecule has 0 spiro atoms. The lowest BCUT2D eigenvalue weighted by molar-refractivity contribution is 0.244. The molecule has 0 aromatic heterocycles. The lowest BCUT2D eigenvalue weighted by atomic mass is 10.2. The molecule has 2 amide bonds. The molecule has 1 aromatic carbocycles. The number of amides is 2. The summed E-state index contributed by atoms with van der Waals surface area (Å²) in [7, 11) is 0. The summed E-state index contributed by atoms with van der Waals surface area (Å²) < 4.78 is 0. The van der Waals surface area contributed by atoms with Crippen molar-refractivity contribution in [1.82, 2.24) is 10.6 Å². The number of hydrogen-bond acceptors (Lipinski definition) is 2. The van der Waals surface area contributed by atoms with E-state index in [4.69, 9.17) is 16.9 Å². The maximum atomic E-state index is 11.2. The van der Waals surface area contributed by atoms with Gasteiger partial charge in [0.25, 0.3) is 0 Å². The van der Waals surface area contributed by atoms with Gasteiger partial charge in [0.05, 0.1) is 12.5 Å². The molecule has 17 heavy (non-hydrogen) atoms. The van der Waals surface area contributed by atoms with Crippen molar-refractivity contribution in [3.05, 3.63) is 41.1 Å². The number of halogens is 1. The zero-order valence-electron chi connectivity index (χ0n) is 9.11. The van der Waals surface area contributed by atoms with Gasteiger partial charge in [-0.25, -0.2) is 4.79 Å². The highest BCUT2D eigenvalue weighted by atomic mass is 35.5. The molecule has 0 saturated heterocycles. The summed E-state index contributed by atoms with van der Waals surface area (Å²) in [6.07, 6.45) is 3.50. The van der Waals surface area contributed by atoms with Crippen LogP contribution in [0, 0.1) is 11.3 Å². The van der Waals surface area contributed by atoms with E-state index in [-0.39, 0.29) is 6.03 Å². The minimum Gasteiger partial charge on any atom is -0.337 e. The van der Waals surface area contributed by atoms with Crippen LogP contribution in [0.4, 0.5) is 4.79 Å². The lowest BCUT2D eigenvalue weighted by Crippen LogP contribution is -2.32. The first-order chi connectivity index (χ1) is 8.24. The van der Waals surface area contributed by atoms with Crippen molar-refractivity contribution in [3.8, 4) is 6.07 Å². The number of rotatable bonds is 4. The van der Waals surface area contributed by atoms with E-state index in [0.29, 0.717) is 18.0 Å². The van der Waals surface area contributed by atoms with E-state index in [1.54, 1.807) is 12.1 Å². The van der Waals surface area contributed by atoms with E-state index >= 15 is 0 Å². The monoisotopic (exact) mass is 249 g/mol. The molecule has 88 valence electrons. The van der Waals surface area contributed by atoms with Gasteiger partial charge in [0.1, 0.15) is 0 Å². The first-order valence-electron chi connectivity index (χ1n) is 5.06. The van der Waals surface area contributed by atoms with Gasteiger partial charge in [-0.3, -0.25) is 0 Å². The number of carbonyl (C=O) groups excluding carboxylic acids is 1. The number of nitriles is 1. The maximum absolute atomic E-state index is 11.2. The average Bonchev–Trinajstić information content (AvgIpc) is 2.32. The molecule has 0 saturated carbocycles. The third kappa shape index (κ3) is 5.05. The molecule has 0 aliphatic carbocycles. The molecule has 0 radical (unpaired) electrons. The van der Waals surface area contributed by atoms with Crippen molar-refractivity contribution in [2.24, 2.45) is 0 Å². The molecule has 0 bridgehead atoms. The Bertz CT molecular complexity index is 451. The van der Waals surface area contributed by atoms with Crippen LogP contribution in [0.3, 0.4) is 0 Å².